The molecular formula is C14H12ClN3. The topological polar surface area (TPSA) is 40.7 Å². The summed E-state index contributed by atoms with van der Waals surface area (Å²) in [5.74, 6) is 0. The summed E-state index contributed by atoms with van der Waals surface area (Å²) in [4.78, 5) is 7.50. The lowest BCUT2D eigenvalue weighted by Crippen LogP contribution is -1.98. The fourth-order valence-electron chi connectivity index (χ4n) is 1.90. The van der Waals surface area contributed by atoms with Crippen LogP contribution >= 0.6 is 11.6 Å². The van der Waals surface area contributed by atoms with Gasteiger partial charge >= 0.3 is 0 Å². The number of benzene rings is 1. The van der Waals surface area contributed by atoms with Gasteiger partial charge in [0.2, 0.25) is 0 Å². The van der Waals surface area contributed by atoms with E-state index < -0.39 is 0 Å². The van der Waals surface area contributed by atoms with Crippen LogP contribution < -0.4 is 5.32 Å². The Balaban J connectivity index is 1.81. The monoisotopic (exact) mass is 257 g/mol. The van der Waals surface area contributed by atoms with E-state index in [1.807, 2.05) is 36.4 Å². The predicted octanol–water partition coefficient (Wildman–Crippen LogP) is 3.83. The third-order valence-electron chi connectivity index (χ3n) is 2.79. The normalized spacial score (nSPS) is 10.7. The van der Waals surface area contributed by atoms with Crippen LogP contribution in [0, 0.1) is 0 Å². The maximum atomic E-state index is 6.11. The number of nitrogens with one attached hydrogen (secondary N) is 2. The van der Waals surface area contributed by atoms with Crippen molar-refractivity contribution in [1.29, 1.82) is 0 Å². The molecule has 0 saturated heterocycles. The van der Waals surface area contributed by atoms with Crippen LogP contribution in [0.25, 0.3) is 11.0 Å². The summed E-state index contributed by atoms with van der Waals surface area (Å²) >= 11 is 6.11. The van der Waals surface area contributed by atoms with Crippen LogP contribution in [-0.4, -0.2) is 9.97 Å². The summed E-state index contributed by atoms with van der Waals surface area (Å²) in [6.45, 7) is 0.719. The molecule has 3 aromatic rings. The van der Waals surface area contributed by atoms with Gasteiger partial charge in [-0.1, -0.05) is 29.8 Å². The van der Waals surface area contributed by atoms with Crippen molar-refractivity contribution in [1.82, 2.24) is 9.97 Å². The predicted molar refractivity (Wildman–Crippen MR) is 74.9 cm³/mol. The number of hydrogen-bond donors (Lipinski definition) is 2. The molecular weight excluding hydrogens is 246 g/mol. The number of fused-ring (bicyclic) bond motifs is 1. The van der Waals surface area contributed by atoms with Gasteiger partial charge in [-0.3, -0.25) is 0 Å². The van der Waals surface area contributed by atoms with E-state index in [9.17, 15) is 0 Å². The fourth-order valence-corrected chi connectivity index (χ4v) is 2.10. The van der Waals surface area contributed by atoms with E-state index in [-0.39, 0.29) is 0 Å². The van der Waals surface area contributed by atoms with Crippen molar-refractivity contribution >= 4 is 28.3 Å². The Bertz CT molecular complexity index is 661. The standard InChI is InChI=1S/C14H12ClN3/c15-13-6-7-16-14-12(13)8-11(18-14)9-17-10-4-2-1-3-5-10/h1-8,17H,9H2,(H,16,18). The largest absolute Gasteiger partial charge is 0.379 e. The third kappa shape index (κ3) is 2.17. The molecule has 0 saturated carbocycles. The molecule has 2 heterocycles. The van der Waals surface area contributed by atoms with Crippen molar-refractivity contribution in [2.75, 3.05) is 5.32 Å². The lowest BCUT2D eigenvalue weighted by atomic mass is 10.3. The zero-order valence-corrected chi connectivity index (χ0v) is 10.4. The lowest BCUT2D eigenvalue weighted by molar-refractivity contribution is 1.08. The highest BCUT2D eigenvalue weighted by molar-refractivity contribution is 6.35. The molecule has 0 bridgehead atoms. The Labute approximate surface area is 110 Å². The van der Waals surface area contributed by atoms with Crippen LogP contribution in [0.4, 0.5) is 5.69 Å². The Hall–Kier alpha value is -2.00. The first-order valence-corrected chi connectivity index (χ1v) is 6.12. The number of aromatic nitrogens is 2. The van der Waals surface area contributed by atoms with E-state index in [4.69, 9.17) is 11.6 Å². The number of hydrogen-bond acceptors (Lipinski definition) is 2. The smallest absolute Gasteiger partial charge is 0.138 e. The second kappa shape index (κ2) is 4.70. The zero-order chi connectivity index (χ0) is 12.4. The van der Waals surface area contributed by atoms with Gasteiger partial charge in [0, 0.05) is 23.0 Å². The van der Waals surface area contributed by atoms with Crippen molar-refractivity contribution in [3.8, 4) is 0 Å². The molecule has 4 heteroatoms. The molecule has 3 rings (SSSR count). The maximum absolute atomic E-state index is 6.11. The Kier molecular flexibility index (Phi) is 2.90. The van der Waals surface area contributed by atoms with Crippen LogP contribution in [0.5, 0.6) is 0 Å². The highest BCUT2D eigenvalue weighted by Gasteiger charge is 2.04. The summed E-state index contributed by atoms with van der Waals surface area (Å²) in [6.07, 6.45) is 1.70. The van der Waals surface area contributed by atoms with Crippen LogP contribution in [-0.2, 0) is 6.54 Å². The van der Waals surface area contributed by atoms with Crippen LogP contribution in [0.1, 0.15) is 5.69 Å². The van der Waals surface area contributed by atoms with Crippen LogP contribution in [0.2, 0.25) is 5.02 Å². The number of anilines is 1. The van der Waals surface area contributed by atoms with Crippen LogP contribution in [0.3, 0.4) is 0 Å². The molecule has 1 aromatic carbocycles. The highest BCUT2D eigenvalue weighted by Crippen LogP contribution is 2.22. The summed E-state index contributed by atoms with van der Waals surface area (Å²) in [5, 5.41) is 5.03. The van der Waals surface area contributed by atoms with E-state index in [0.717, 1.165) is 34.0 Å². The zero-order valence-electron chi connectivity index (χ0n) is 9.65. The van der Waals surface area contributed by atoms with Gasteiger partial charge in [0.05, 0.1) is 11.6 Å². The van der Waals surface area contributed by atoms with Gasteiger partial charge in [-0.15, -0.1) is 0 Å². The molecule has 0 aliphatic heterocycles. The van der Waals surface area contributed by atoms with Gasteiger partial charge in [0.15, 0.2) is 0 Å². The fraction of sp³-hybridized carbons (Fsp3) is 0.0714. The average Bonchev–Trinajstić information content (AvgIpc) is 2.82. The van der Waals surface area contributed by atoms with Gasteiger partial charge in [-0.2, -0.15) is 0 Å². The van der Waals surface area contributed by atoms with E-state index in [0.29, 0.717) is 0 Å². The Morgan fingerprint density at radius 3 is 2.78 bits per heavy atom. The van der Waals surface area contributed by atoms with Gasteiger partial charge in [-0.05, 0) is 24.3 Å². The molecule has 18 heavy (non-hydrogen) atoms. The van der Waals surface area contributed by atoms with Crippen molar-refractivity contribution in [3.05, 3.63) is 59.4 Å². The van der Waals surface area contributed by atoms with Gasteiger partial charge < -0.3 is 10.3 Å². The lowest BCUT2D eigenvalue weighted by Gasteiger charge is -2.03. The van der Waals surface area contributed by atoms with Gasteiger partial charge in [-0.25, -0.2) is 4.98 Å². The number of halogens is 1. The van der Waals surface area contributed by atoms with E-state index >= 15 is 0 Å². The van der Waals surface area contributed by atoms with Crippen molar-refractivity contribution in [2.45, 2.75) is 6.54 Å². The third-order valence-corrected chi connectivity index (χ3v) is 3.12. The number of H-pyrrole nitrogens is 1. The van der Waals surface area contributed by atoms with E-state index in [2.05, 4.69) is 15.3 Å². The second-order valence-corrected chi connectivity index (χ2v) is 4.48. The van der Waals surface area contributed by atoms with E-state index in [1.165, 1.54) is 0 Å². The highest BCUT2D eigenvalue weighted by atomic mass is 35.5. The van der Waals surface area contributed by atoms with Crippen LogP contribution in [0.15, 0.2) is 48.7 Å². The summed E-state index contributed by atoms with van der Waals surface area (Å²) in [6, 6.07) is 13.9. The molecule has 0 atom stereocenters. The molecule has 0 unspecified atom stereocenters. The first-order chi connectivity index (χ1) is 8.83. The molecule has 0 amide bonds. The molecule has 90 valence electrons. The summed E-state index contributed by atoms with van der Waals surface area (Å²) in [7, 11) is 0. The number of pyridine rings is 1. The maximum Gasteiger partial charge on any atom is 0.138 e. The van der Waals surface area contributed by atoms with Crippen molar-refractivity contribution < 1.29 is 0 Å². The Morgan fingerprint density at radius 1 is 1.17 bits per heavy atom. The Morgan fingerprint density at radius 2 is 2.00 bits per heavy atom. The SMILES string of the molecule is Clc1ccnc2[nH]c(CNc3ccccc3)cc12. The molecule has 0 fully saturated rings. The van der Waals surface area contributed by atoms with E-state index in [1.54, 1.807) is 12.3 Å². The van der Waals surface area contributed by atoms with Gasteiger partial charge in [0.1, 0.15) is 5.65 Å². The molecule has 0 aliphatic carbocycles. The molecule has 2 aromatic heterocycles. The van der Waals surface area contributed by atoms with Crippen molar-refractivity contribution in [2.24, 2.45) is 0 Å². The first kappa shape index (κ1) is 11.1. The number of para-hydroxylation sites is 1. The molecule has 0 radical (unpaired) electrons. The second-order valence-electron chi connectivity index (χ2n) is 4.07. The number of nitrogens with zero attached hydrogens (tertiary/aromatic N) is 1. The number of aromatic amines is 1. The average molecular weight is 258 g/mol. The summed E-state index contributed by atoms with van der Waals surface area (Å²) < 4.78 is 0. The van der Waals surface area contributed by atoms with Gasteiger partial charge in [0.25, 0.3) is 0 Å². The molecule has 0 aliphatic rings. The summed E-state index contributed by atoms with van der Waals surface area (Å²) in [5.41, 5.74) is 2.98. The number of rotatable bonds is 3. The van der Waals surface area contributed by atoms with Crippen molar-refractivity contribution in [3.63, 3.8) is 0 Å². The minimum Gasteiger partial charge on any atom is -0.379 e. The molecule has 0 spiro atoms. The minimum atomic E-state index is 0.719. The quantitative estimate of drug-likeness (QED) is 0.749. The minimum absolute atomic E-state index is 0.719. The first-order valence-electron chi connectivity index (χ1n) is 5.74. The molecule has 3 nitrogen and oxygen atoms in total. The molecule has 2 N–H and O–H groups in total.